The fourth-order valence-corrected chi connectivity index (χ4v) is 4.55. The van der Waals surface area contributed by atoms with Crippen molar-refractivity contribution in [3.63, 3.8) is 0 Å². The molecule has 0 bridgehead atoms. The number of fused-ring (bicyclic) bond motifs is 2. The molecule has 1 heterocycles. The van der Waals surface area contributed by atoms with Crippen molar-refractivity contribution in [1.29, 1.82) is 0 Å². The van der Waals surface area contributed by atoms with Gasteiger partial charge in [0.25, 0.3) is 10.0 Å². The molecular formula is C20H17NO3S. The molecule has 0 unspecified atom stereocenters. The smallest absolute Gasteiger partial charge is 0.264 e. The number of hydrogen-bond donors (Lipinski definition) is 0. The molecule has 0 amide bonds. The van der Waals surface area contributed by atoms with Gasteiger partial charge >= 0.3 is 0 Å². The van der Waals surface area contributed by atoms with Crippen LogP contribution in [0.15, 0.2) is 84.3 Å². The quantitative estimate of drug-likeness (QED) is 0.671. The topological polar surface area (TPSA) is 46.6 Å². The number of hydrogen-bond acceptors (Lipinski definition) is 3. The van der Waals surface area contributed by atoms with E-state index in [4.69, 9.17) is 4.74 Å². The fourth-order valence-electron chi connectivity index (χ4n) is 3.03. The summed E-state index contributed by atoms with van der Waals surface area (Å²) in [7, 11) is -3.70. The first-order valence-electron chi connectivity index (χ1n) is 7.99. The maximum Gasteiger partial charge on any atom is 0.264 e. The minimum atomic E-state index is -3.70. The van der Waals surface area contributed by atoms with Gasteiger partial charge in [0, 0.05) is 0 Å². The molecule has 25 heavy (non-hydrogen) atoms. The highest BCUT2D eigenvalue weighted by Gasteiger charge is 2.33. The first-order valence-corrected chi connectivity index (χ1v) is 9.43. The molecule has 0 saturated heterocycles. The lowest BCUT2D eigenvalue weighted by atomic mass is 10.1. The molecule has 126 valence electrons. The first-order chi connectivity index (χ1) is 12.1. The summed E-state index contributed by atoms with van der Waals surface area (Å²) in [6, 6.07) is 20.1. The number of sulfonamides is 1. The Labute approximate surface area is 147 Å². The van der Waals surface area contributed by atoms with Crippen LogP contribution >= 0.6 is 0 Å². The zero-order valence-electron chi connectivity index (χ0n) is 13.5. The second kappa shape index (κ2) is 5.93. The van der Waals surface area contributed by atoms with Gasteiger partial charge in [0.15, 0.2) is 0 Å². The number of para-hydroxylation sites is 2. The largest absolute Gasteiger partial charge is 0.482 e. The molecule has 0 N–H and O–H groups in total. The number of nitrogens with zero attached hydrogens (tertiary/aromatic N) is 1. The van der Waals surface area contributed by atoms with Gasteiger partial charge in [-0.15, -0.1) is 0 Å². The molecule has 3 aromatic rings. The molecule has 5 heteroatoms. The van der Waals surface area contributed by atoms with E-state index in [2.05, 4.69) is 6.58 Å². The molecule has 0 radical (unpaired) electrons. The Morgan fingerprint density at radius 3 is 2.52 bits per heavy atom. The average Bonchev–Trinajstić information content (AvgIpc) is 2.66. The van der Waals surface area contributed by atoms with E-state index in [-0.39, 0.29) is 17.5 Å². The summed E-state index contributed by atoms with van der Waals surface area (Å²) in [5, 5.41) is 1.90. The van der Waals surface area contributed by atoms with Crippen LogP contribution in [-0.2, 0) is 10.0 Å². The van der Waals surface area contributed by atoms with Crippen molar-refractivity contribution in [3.8, 4) is 5.75 Å². The van der Waals surface area contributed by atoms with Crippen molar-refractivity contribution in [2.45, 2.75) is 11.0 Å². The summed E-state index contributed by atoms with van der Waals surface area (Å²) < 4.78 is 33.8. The van der Waals surface area contributed by atoms with Gasteiger partial charge in [-0.2, -0.15) is 0 Å². The minimum absolute atomic E-state index is 0.204. The van der Waals surface area contributed by atoms with Crippen molar-refractivity contribution in [3.05, 3.63) is 79.4 Å². The minimum Gasteiger partial charge on any atom is -0.482 e. The van der Waals surface area contributed by atoms with Crippen LogP contribution in [-0.4, -0.2) is 21.1 Å². The SMILES string of the molecule is C=C[C@H]1CN(S(=O)(=O)c2ccc3ccccc3c2)c2ccccc2O1. The third kappa shape index (κ3) is 2.66. The monoisotopic (exact) mass is 351 g/mol. The summed E-state index contributed by atoms with van der Waals surface area (Å²) >= 11 is 0. The molecule has 0 aromatic heterocycles. The van der Waals surface area contributed by atoms with Crippen LogP contribution < -0.4 is 9.04 Å². The highest BCUT2D eigenvalue weighted by atomic mass is 32.2. The Kier molecular flexibility index (Phi) is 3.73. The molecule has 0 saturated carbocycles. The normalized spacial score (nSPS) is 17.0. The zero-order chi connectivity index (χ0) is 17.4. The van der Waals surface area contributed by atoms with Gasteiger partial charge < -0.3 is 4.74 Å². The third-order valence-electron chi connectivity index (χ3n) is 4.33. The molecule has 4 nitrogen and oxygen atoms in total. The van der Waals surface area contributed by atoms with Crippen LogP contribution in [0.1, 0.15) is 0 Å². The highest BCUT2D eigenvalue weighted by Crippen LogP contribution is 2.37. The van der Waals surface area contributed by atoms with E-state index in [0.717, 1.165) is 10.8 Å². The molecule has 1 atom stereocenters. The van der Waals surface area contributed by atoms with E-state index < -0.39 is 10.0 Å². The number of rotatable bonds is 3. The molecular weight excluding hydrogens is 334 g/mol. The Bertz CT molecular complexity index is 1060. The van der Waals surface area contributed by atoms with E-state index >= 15 is 0 Å². The first kappa shape index (κ1) is 15.7. The Hall–Kier alpha value is -2.79. The lowest BCUT2D eigenvalue weighted by Crippen LogP contribution is -2.42. The molecule has 0 aliphatic carbocycles. The summed E-state index contributed by atoms with van der Waals surface area (Å²) in [6.07, 6.45) is 1.24. The molecule has 0 spiro atoms. The average molecular weight is 351 g/mol. The van der Waals surface area contributed by atoms with E-state index in [1.54, 1.807) is 36.4 Å². The molecule has 1 aliphatic rings. The van der Waals surface area contributed by atoms with E-state index in [1.807, 2.05) is 36.4 Å². The number of benzene rings is 3. The number of ether oxygens (including phenoxy) is 1. The fraction of sp³-hybridized carbons (Fsp3) is 0.100. The standard InChI is InChI=1S/C20H17NO3S/c1-2-17-14-21(19-9-5-6-10-20(19)24-17)25(22,23)18-12-11-15-7-3-4-8-16(15)13-18/h2-13,17H,1,14H2/t17-/m0/s1. The van der Waals surface area contributed by atoms with Gasteiger partial charge in [0.05, 0.1) is 17.1 Å². The Morgan fingerprint density at radius 1 is 1.00 bits per heavy atom. The summed E-state index contributed by atoms with van der Waals surface area (Å²) in [5.41, 5.74) is 0.550. The van der Waals surface area contributed by atoms with Crippen LogP contribution in [0.25, 0.3) is 10.8 Å². The van der Waals surface area contributed by atoms with Gasteiger partial charge in [0.1, 0.15) is 11.9 Å². The number of anilines is 1. The second-order valence-corrected chi connectivity index (χ2v) is 7.77. The van der Waals surface area contributed by atoms with Gasteiger partial charge in [-0.3, -0.25) is 4.31 Å². The van der Waals surface area contributed by atoms with E-state index in [0.29, 0.717) is 11.4 Å². The third-order valence-corrected chi connectivity index (χ3v) is 6.11. The van der Waals surface area contributed by atoms with Gasteiger partial charge in [-0.25, -0.2) is 8.42 Å². The molecule has 3 aromatic carbocycles. The van der Waals surface area contributed by atoms with Gasteiger partial charge in [0.2, 0.25) is 0 Å². The van der Waals surface area contributed by atoms with Crippen LogP contribution in [0.4, 0.5) is 5.69 Å². The predicted octanol–water partition coefficient (Wildman–Crippen LogP) is 3.98. The maximum atomic E-state index is 13.3. The van der Waals surface area contributed by atoms with Gasteiger partial charge in [-0.1, -0.05) is 49.0 Å². The van der Waals surface area contributed by atoms with Crippen molar-refractivity contribution < 1.29 is 13.2 Å². The van der Waals surface area contributed by atoms with Crippen LogP contribution in [0.3, 0.4) is 0 Å². The molecule has 4 rings (SSSR count). The predicted molar refractivity (Wildman–Crippen MR) is 99.5 cm³/mol. The van der Waals surface area contributed by atoms with Crippen molar-refractivity contribution in [1.82, 2.24) is 0 Å². The van der Waals surface area contributed by atoms with E-state index in [1.165, 1.54) is 4.31 Å². The van der Waals surface area contributed by atoms with E-state index in [9.17, 15) is 8.42 Å². The summed E-state index contributed by atoms with van der Waals surface area (Å²) in [4.78, 5) is 0.269. The second-order valence-electron chi connectivity index (χ2n) is 5.90. The Morgan fingerprint density at radius 2 is 1.72 bits per heavy atom. The lowest BCUT2D eigenvalue weighted by molar-refractivity contribution is 0.246. The zero-order valence-corrected chi connectivity index (χ0v) is 14.3. The van der Waals surface area contributed by atoms with Crippen LogP contribution in [0.2, 0.25) is 0 Å². The van der Waals surface area contributed by atoms with Crippen molar-refractivity contribution >= 4 is 26.5 Å². The van der Waals surface area contributed by atoms with Crippen LogP contribution in [0, 0.1) is 0 Å². The van der Waals surface area contributed by atoms with Crippen LogP contribution in [0.5, 0.6) is 5.75 Å². The lowest BCUT2D eigenvalue weighted by Gasteiger charge is -2.34. The summed E-state index contributed by atoms with van der Waals surface area (Å²) in [5.74, 6) is 0.544. The summed E-state index contributed by atoms with van der Waals surface area (Å²) in [6.45, 7) is 3.94. The maximum absolute atomic E-state index is 13.3. The molecule has 0 fully saturated rings. The van der Waals surface area contributed by atoms with Crippen molar-refractivity contribution in [2.24, 2.45) is 0 Å². The molecule has 1 aliphatic heterocycles. The Balaban J connectivity index is 1.84. The van der Waals surface area contributed by atoms with Gasteiger partial charge in [-0.05, 0) is 41.1 Å². The highest BCUT2D eigenvalue weighted by molar-refractivity contribution is 7.92. The van der Waals surface area contributed by atoms with Crippen molar-refractivity contribution in [2.75, 3.05) is 10.8 Å².